The maximum atomic E-state index is 13.0. The van der Waals surface area contributed by atoms with Crippen LogP contribution in [-0.2, 0) is 0 Å². The molecule has 1 aromatic carbocycles. The van der Waals surface area contributed by atoms with Crippen LogP contribution < -0.4 is 10.1 Å². The van der Waals surface area contributed by atoms with E-state index in [4.69, 9.17) is 4.74 Å². The van der Waals surface area contributed by atoms with Crippen LogP contribution in [0.1, 0.15) is 19.8 Å². The fourth-order valence-corrected chi connectivity index (χ4v) is 1.70. The summed E-state index contributed by atoms with van der Waals surface area (Å²) >= 11 is 0. The first kappa shape index (κ1) is 13.7. The zero-order valence-corrected chi connectivity index (χ0v) is 10.8. The van der Waals surface area contributed by atoms with Gasteiger partial charge in [0.05, 0.1) is 17.6 Å². The van der Waals surface area contributed by atoms with Crippen molar-refractivity contribution < 1.29 is 14.1 Å². The van der Waals surface area contributed by atoms with E-state index in [9.17, 15) is 14.5 Å². The van der Waals surface area contributed by atoms with E-state index in [1.807, 2.05) is 6.92 Å². The van der Waals surface area contributed by atoms with E-state index in [0.717, 1.165) is 18.7 Å². The fourth-order valence-electron chi connectivity index (χ4n) is 1.70. The number of rotatable bonds is 7. The molecule has 1 atom stereocenters. The third-order valence-electron chi connectivity index (χ3n) is 2.97. The molecule has 0 saturated heterocycles. The lowest BCUT2D eigenvalue weighted by atomic mass is 10.2. The second kappa shape index (κ2) is 5.97. The van der Waals surface area contributed by atoms with Gasteiger partial charge < -0.3 is 10.1 Å². The Hall–Kier alpha value is -1.69. The van der Waals surface area contributed by atoms with Crippen molar-refractivity contribution in [2.75, 3.05) is 13.2 Å². The van der Waals surface area contributed by atoms with Crippen molar-refractivity contribution in [3.05, 3.63) is 34.1 Å². The molecule has 1 fully saturated rings. The summed E-state index contributed by atoms with van der Waals surface area (Å²) in [6.45, 7) is 3.19. The van der Waals surface area contributed by atoms with Gasteiger partial charge in [0.1, 0.15) is 5.82 Å². The van der Waals surface area contributed by atoms with E-state index in [1.165, 1.54) is 18.9 Å². The fraction of sp³-hybridized carbons (Fsp3) is 0.538. The predicted octanol–water partition coefficient (Wildman–Crippen LogP) is 2.50. The first-order valence-corrected chi connectivity index (χ1v) is 6.36. The average Bonchev–Trinajstić information content (AvgIpc) is 3.18. The van der Waals surface area contributed by atoms with Crippen LogP contribution in [0, 0.1) is 21.8 Å². The van der Waals surface area contributed by atoms with Crippen molar-refractivity contribution in [2.45, 2.75) is 25.8 Å². The average molecular weight is 268 g/mol. The summed E-state index contributed by atoms with van der Waals surface area (Å²) in [6.07, 6.45) is 2.44. The molecule has 1 N–H and O–H groups in total. The van der Waals surface area contributed by atoms with Gasteiger partial charge in [0.15, 0.2) is 5.75 Å². The number of ether oxygens (including phenoxy) is 1. The number of hydrogen-bond donors (Lipinski definition) is 1. The first-order valence-electron chi connectivity index (χ1n) is 6.36. The van der Waals surface area contributed by atoms with Crippen molar-refractivity contribution >= 4 is 5.69 Å². The van der Waals surface area contributed by atoms with Crippen molar-refractivity contribution in [2.24, 2.45) is 5.92 Å². The molecule has 2 rings (SSSR count). The summed E-state index contributed by atoms with van der Waals surface area (Å²) in [4.78, 5) is 10.2. The van der Waals surface area contributed by atoms with Crippen LogP contribution in [0.4, 0.5) is 10.1 Å². The van der Waals surface area contributed by atoms with Gasteiger partial charge in [-0.3, -0.25) is 10.1 Å². The van der Waals surface area contributed by atoms with Gasteiger partial charge in [0.25, 0.3) is 0 Å². The Kier molecular flexibility index (Phi) is 4.31. The maximum Gasteiger partial charge on any atom is 0.313 e. The maximum absolute atomic E-state index is 13.0. The lowest BCUT2D eigenvalue weighted by molar-refractivity contribution is -0.386. The van der Waals surface area contributed by atoms with Crippen molar-refractivity contribution in [1.29, 1.82) is 0 Å². The third kappa shape index (κ3) is 4.17. The Morgan fingerprint density at radius 3 is 2.95 bits per heavy atom. The van der Waals surface area contributed by atoms with E-state index >= 15 is 0 Å². The number of hydrogen-bond acceptors (Lipinski definition) is 4. The molecule has 1 unspecified atom stereocenters. The standard InChI is InChI=1S/C13H17FN2O3/c1-9(7-15-11-3-4-11)8-19-13-5-2-10(14)6-12(13)16(17)18/h2,5-6,9,11,15H,3-4,7-8H2,1H3. The molecule has 0 aromatic heterocycles. The molecule has 0 heterocycles. The minimum Gasteiger partial charge on any atom is -0.486 e. The quantitative estimate of drug-likeness (QED) is 0.609. The Labute approximate surface area is 110 Å². The molecular weight excluding hydrogens is 251 g/mol. The number of benzene rings is 1. The van der Waals surface area contributed by atoms with E-state index in [0.29, 0.717) is 12.6 Å². The molecular formula is C13H17FN2O3. The molecule has 1 aliphatic rings. The normalized spacial score (nSPS) is 16.1. The molecule has 104 valence electrons. The molecule has 0 aliphatic heterocycles. The molecule has 5 nitrogen and oxygen atoms in total. The number of halogens is 1. The summed E-state index contributed by atoms with van der Waals surface area (Å²) in [5.74, 6) is -0.280. The predicted molar refractivity (Wildman–Crippen MR) is 68.7 cm³/mol. The summed E-state index contributed by atoms with van der Waals surface area (Å²) in [6, 6.07) is 3.97. The van der Waals surface area contributed by atoms with Crippen LogP contribution in [0.25, 0.3) is 0 Å². The zero-order chi connectivity index (χ0) is 13.8. The van der Waals surface area contributed by atoms with Gasteiger partial charge in [0, 0.05) is 18.5 Å². The molecule has 0 bridgehead atoms. The summed E-state index contributed by atoms with van der Waals surface area (Å²) in [5, 5.41) is 14.2. The number of nitrogens with zero attached hydrogens (tertiary/aromatic N) is 1. The molecule has 19 heavy (non-hydrogen) atoms. The molecule has 0 spiro atoms. The smallest absolute Gasteiger partial charge is 0.313 e. The highest BCUT2D eigenvalue weighted by atomic mass is 19.1. The molecule has 1 saturated carbocycles. The minimum absolute atomic E-state index is 0.115. The largest absolute Gasteiger partial charge is 0.486 e. The van der Waals surface area contributed by atoms with E-state index in [1.54, 1.807) is 0 Å². The number of nitro benzene ring substituents is 1. The van der Waals surface area contributed by atoms with Gasteiger partial charge in [-0.1, -0.05) is 6.92 Å². The van der Waals surface area contributed by atoms with Gasteiger partial charge in [-0.15, -0.1) is 0 Å². The van der Waals surface area contributed by atoms with Crippen molar-refractivity contribution in [1.82, 2.24) is 5.32 Å². The molecule has 6 heteroatoms. The van der Waals surface area contributed by atoms with Gasteiger partial charge in [-0.05, 0) is 25.0 Å². The highest BCUT2D eigenvalue weighted by Gasteiger charge is 2.21. The van der Waals surface area contributed by atoms with Gasteiger partial charge in [0.2, 0.25) is 0 Å². The topological polar surface area (TPSA) is 64.4 Å². The molecule has 1 aliphatic carbocycles. The summed E-state index contributed by atoms with van der Waals surface area (Å²) in [7, 11) is 0. The first-order chi connectivity index (χ1) is 9.06. The Morgan fingerprint density at radius 1 is 1.58 bits per heavy atom. The van der Waals surface area contributed by atoms with Crippen LogP contribution in [-0.4, -0.2) is 24.1 Å². The second-order valence-electron chi connectivity index (χ2n) is 4.97. The third-order valence-corrected chi connectivity index (χ3v) is 2.97. The Bertz CT molecular complexity index is 463. The zero-order valence-electron chi connectivity index (χ0n) is 10.8. The van der Waals surface area contributed by atoms with E-state index in [-0.39, 0.29) is 17.4 Å². The molecule has 0 radical (unpaired) electrons. The van der Waals surface area contributed by atoms with E-state index in [2.05, 4.69) is 5.32 Å². The molecule has 1 aromatic rings. The Balaban J connectivity index is 1.88. The highest BCUT2D eigenvalue weighted by Crippen LogP contribution is 2.27. The SMILES string of the molecule is CC(CNC1CC1)COc1ccc(F)cc1[N+](=O)[O-]. The monoisotopic (exact) mass is 268 g/mol. The minimum atomic E-state index is -0.637. The summed E-state index contributed by atoms with van der Waals surface area (Å²) < 4.78 is 18.4. The van der Waals surface area contributed by atoms with Crippen LogP contribution in [0.3, 0.4) is 0 Å². The van der Waals surface area contributed by atoms with Gasteiger partial charge >= 0.3 is 5.69 Å². The van der Waals surface area contributed by atoms with Crippen LogP contribution in [0.5, 0.6) is 5.75 Å². The number of nitrogens with one attached hydrogen (secondary N) is 1. The van der Waals surface area contributed by atoms with Crippen LogP contribution in [0.15, 0.2) is 18.2 Å². The van der Waals surface area contributed by atoms with Crippen LogP contribution >= 0.6 is 0 Å². The van der Waals surface area contributed by atoms with Gasteiger partial charge in [-0.25, -0.2) is 4.39 Å². The van der Waals surface area contributed by atoms with Crippen molar-refractivity contribution in [3.8, 4) is 5.75 Å². The molecule has 0 amide bonds. The second-order valence-corrected chi connectivity index (χ2v) is 4.97. The lowest BCUT2D eigenvalue weighted by Gasteiger charge is -2.13. The van der Waals surface area contributed by atoms with Crippen molar-refractivity contribution in [3.63, 3.8) is 0 Å². The van der Waals surface area contributed by atoms with E-state index < -0.39 is 10.7 Å². The lowest BCUT2D eigenvalue weighted by Crippen LogP contribution is -2.26. The Morgan fingerprint density at radius 2 is 2.32 bits per heavy atom. The summed E-state index contributed by atoms with van der Waals surface area (Å²) in [5.41, 5.74) is -0.331. The van der Waals surface area contributed by atoms with Gasteiger partial charge in [-0.2, -0.15) is 0 Å². The van der Waals surface area contributed by atoms with Crippen LogP contribution in [0.2, 0.25) is 0 Å². The number of nitro groups is 1. The highest BCUT2D eigenvalue weighted by molar-refractivity contribution is 5.46.